The van der Waals surface area contributed by atoms with Gasteiger partial charge in [-0.25, -0.2) is 14.2 Å². The number of hydrogen-bond donors (Lipinski definition) is 2. The van der Waals surface area contributed by atoms with Crippen molar-refractivity contribution in [3.8, 4) is 11.8 Å². The maximum atomic E-state index is 14.9. The molecule has 0 bridgehead atoms. The molecular weight excluding hydrogens is 431 g/mol. The molecule has 1 fully saturated rings. The van der Waals surface area contributed by atoms with E-state index >= 15 is 0 Å². The average molecular weight is 450 g/mol. The zero-order valence-electron chi connectivity index (χ0n) is 17.5. The van der Waals surface area contributed by atoms with Crippen molar-refractivity contribution in [2.75, 3.05) is 23.3 Å². The summed E-state index contributed by atoms with van der Waals surface area (Å²) in [5.74, 6) is -0.284. The highest BCUT2D eigenvalue weighted by atomic mass is 19.1. The topological polar surface area (TPSA) is 138 Å². The molecule has 1 aromatic carbocycles. The molecule has 12 heteroatoms. The van der Waals surface area contributed by atoms with Crippen LogP contribution in [0, 0.1) is 17.1 Å². The number of nitriles is 1. The van der Waals surface area contributed by atoms with E-state index in [4.69, 9.17) is 10.00 Å². The van der Waals surface area contributed by atoms with E-state index in [0.717, 1.165) is 0 Å². The number of aromatic nitrogens is 4. The number of hydrogen-bond acceptors (Lipinski definition) is 8. The van der Waals surface area contributed by atoms with Gasteiger partial charge < -0.3 is 19.9 Å². The van der Waals surface area contributed by atoms with Crippen LogP contribution in [-0.4, -0.2) is 50.9 Å². The van der Waals surface area contributed by atoms with E-state index in [1.165, 1.54) is 28.8 Å². The second kappa shape index (κ2) is 9.31. The summed E-state index contributed by atoms with van der Waals surface area (Å²) in [4.78, 5) is 28.8. The van der Waals surface area contributed by atoms with Crippen molar-refractivity contribution in [2.24, 2.45) is 0 Å². The summed E-state index contributed by atoms with van der Waals surface area (Å²) < 4.78 is 21.6. The molecular formula is C21H19FN8O3. The van der Waals surface area contributed by atoms with Gasteiger partial charge in [-0.05, 0) is 30.3 Å². The number of nitrogens with one attached hydrogen (secondary N) is 2. The number of halogens is 1. The van der Waals surface area contributed by atoms with Crippen LogP contribution in [0.2, 0.25) is 0 Å². The molecule has 33 heavy (non-hydrogen) atoms. The summed E-state index contributed by atoms with van der Waals surface area (Å²) in [5, 5.41) is 22.0. The third-order valence-electron chi connectivity index (χ3n) is 4.84. The first-order chi connectivity index (χ1) is 15.9. The molecule has 1 aliphatic heterocycles. The lowest BCUT2D eigenvalue weighted by atomic mass is 10.2. The Morgan fingerprint density at radius 2 is 2.18 bits per heavy atom. The lowest BCUT2D eigenvalue weighted by Crippen LogP contribution is -2.33. The molecule has 0 spiro atoms. The van der Waals surface area contributed by atoms with E-state index in [-0.39, 0.29) is 30.4 Å². The number of carbonyl (C=O) groups is 2. The zero-order chi connectivity index (χ0) is 23.4. The van der Waals surface area contributed by atoms with Crippen LogP contribution in [0.15, 0.2) is 42.9 Å². The standard InChI is InChI=1S/C21H19FN8O3/c1-13(31)24-9-17-11-30(21(32)33-17)16-3-4-19(18(22)6-16)29-10-15(26-12-29)8-25-20-5-2-14(7-23)27-28-20/h2-6,10,12,17H,8-9,11H2,1H3,(H,24,31)(H,25,28). The van der Waals surface area contributed by atoms with Gasteiger partial charge in [-0.1, -0.05) is 0 Å². The summed E-state index contributed by atoms with van der Waals surface area (Å²) in [5.41, 5.74) is 1.47. The highest BCUT2D eigenvalue weighted by Crippen LogP contribution is 2.25. The van der Waals surface area contributed by atoms with Crippen LogP contribution >= 0.6 is 0 Å². The van der Waals surface area contributed by atoms with Crippen LogP contribution < -0.4 is 15.5 Å². The summed E-state index contributed by atoms with van der Waals surface area (Å²) >= 11 is 0. The molecule has 2 aromatic heterocycles. The highest BCUT2D eigenvalue weighted by Gasteiger charge is 2.32. The van der Waals surface area contributed by atoms with Crippen molar-refractivity contribution in [1.29, 1.82) is 5.26 Å². The summed E-state index contributed by atoms with van der Waals surface area (Å²) in [6, 6.07) is 9.48. The molecule has 2 amide bonds. The third-order valence-corrected chi connectivity index (χ3v) is 4.84. The van der Waals surface area contributed by atoms with Crippen molar-refractivity contribution in [2.45, 2.75) is 19.6 Å². The number of ether oxygens (including phenoxy) is 1. The minimum atomic E-state index is -0.598. The van der Waals surface area contributed by atoms with Crippen molar-refractivity contribution < 1.29 is 18.7 Å². The number of amides is 2. The lowest BCUT2D eigenvalue weighted by molar-refractivity contribution is -0.119. The van der Waals surface area contributed by atoms with Crippen LogP contribution in [-0.2, 0) is 16.1 Å². The second-order valence-corrected chi connectivity index (χ2v) is 7.23. The molecule has 1 atom stereocenters. The van der Waals surface area contributed by atoms with Gasteiger partial charge in [-0.15, -0.1) is 10.2 Å². The third kappa shape index (κ3) is 5.04. The van der Waals surface area contributed by atoms with Gasteiger partial charge in [0.05, 0.1) is 43.0 Å². The monoisotopic (exact) mass is 450 g/mol. The number of benzene rings is 1. The lowest BCUT2D eigenvalue weighted by Gasteiger charge is -2.14. The molecule has 1 unspecified atom stereocenters. The van der Waals surface area contributed by atoms with Crippen LogP contribution in [0.3, 0.4) is 0 Å². The van der Waals surface area contributed by atoms with E-state index < -0.39 is 18.0 Å². The maximum Gasteiger partial charge on any atom is 0.414 e. The minimum absolute atomic E-state index is 0.192. The van der Waals surface area contributed by atoms with E-state index in [1.54, 1.807) is 30.5 Å². The van der Waals surface area contributed by atoms with Gasteiger partial charge in [-0.3, -0.25) is 9.69 Å². The van der Waals surface area contributed by atoms with Gasteiger partial charge in [0.25, 0.3) is 0 Å². The summed E-state index contributed by atoms with van der Waals surface area (Å²) in [6.07, 6.45) is 2.04. The Morgan fingerprint density at radius 3 is 2.88 bits per heavy atom. The average Bonchev–Trinajstić information content (AvgIpc) is 3.43. The van der Waals surface area contributed by atoms with Gasteiger partial charge in [0.2, 0.25) is 5.91 Å². The number of carbonyl (C=O) groups excluding carboxylic acids is 2. The van der Waals surface area contributed by atoms with Gasteiger partial charge >= 0.3 is 6.09 Å². The molecule has 0 aliphatic carbocycles. The first-order valence-corrected chi connectivity index (χ1v) is 9.96. The van der Waals surface area contributed by atoms with Crippen molar-refractivity contribution in [3.63, 3.8) is 0 Å². The molecule has 3 aromatic rings. The number of imidazole rings is 1. The van der Waals surface area contributed by atoms with E-state index in [9.17, 15) is 14.0 Å². The van der Waals surface area contributed by atoms with E-state index in [0.29, 0.717) is 23.7 Å². The van der Waals surface area contributed by atoms with Crippen molar-refractivity contribution in [1.82, 2.24) is 25.1 Å². The van der Waals surface area contributed by atoms with Crippen molar-refractivity contribution >= 4 is 23.5 Å². The van der Waals surface area contributed by atoms with E-state index in [1.807, 2.05) is 6.07 Å². The Bertz CT molecular complexity index is 1220. The molecule has 3 heterocycles. The molecule has 1 saturated heterocycles. The van der Waals surface area contributed by atoms with Gasteiger partial charge in [0, 0.05) is 13.1 Å². The Labute approximate surface area is 187 Å². The first kappa shape index (κ1) is 21.7. The predicted octanol–water partition coefficient (Wildman–Crippen LogP) is 1.75. The minimum Gasteiger partial charge on any atom is -0.442 e. The first-order valence-electron chi connectivity index (χ1n) is 9.96. The number of anilines is 2. The molecule has 11 nitrogen and oxygen atoms in total. The van der Waals surface area contributed by atoms with Crippen molar-refractivity contribution in [3.05, 3.63) is 60.1 Å². The van der Waals surface area contributed by atoms with Crippen LogP contribution in [0.1, 0.15) is 18.3 Å². The SMILES string of the molecule is CC(=O)NCC1CN(c2ccc(-n3cnc(CNc4ccc(C#N)nn4)c3)c(F)c2)C(=O)O1. The fourth-order valence-corrected chi connectivity index (χ4v) is 3.22. The largest absolute Gasteiger partial charge is 0.442 e. The van der Waals surface area contributed by atoms with E-state index in [2.05, 4.69) is 25.8 Å². The molecule has 1 aliphatic rings. The fourth-order valence-electron chi connectivity index (χ4n) is 3.22. The summed E-state index contributed by atoms with van der Waals surface area (Å²) in [6.45, 7) is 2.10. The summed E-state index contributed by atoms with van der Waals surface area (Å²) in [7, 11) is 0. The maximum absolute atomic E-state index is 14.9. The zero-order valence-corrected chi connectivity index (χ0v) is 17.5. The van der Waals surface area contributed by atoms with Crippen LogP contribution in [0.5, 0.6) is 0 Å². The molecule has 168 valence electrons. The predicted molar refractivity (Wildman–Crippen MR) is 114 cm³/mol. The van der Waals surface area contributed by atoms with Gasteiger partial charge in [0.1, 0.15) is 23.8 Å². The second-order valence-electron chi connectivity index (χ2n) is 7.23. The Kier molecular flexibility index (Phi) is 6.12. The number of cyclic esters (lactones) is 1. The smallest absolute Gasteiger partial charge is 0.414 e. The number of rotatable bonds is 7. The Hall–Kier alpha value is -4.53. The molecule has 4 rings (SSSR count). The Balaban J connectivity index is 1.41. The molecule has 0 radical (unpaired) electrons. The van der Waals surface area contributed by atoms with Gasteiger partial charge in [-0.2, -0.15) is 5.26 Å². The normalized spacial score (nSPS) is 15.1. The number of nitrogens with zero attached hydrogens (tertiary/aromatic N) is 6. The fraction of sp³-hybridized carbons (Fsp3) is 0.238. The van der Waals surface area contributed by atoms with Gasteiger partial charge in [0.15, 0.2) is 5.69 Å². The molecule has 2 N–H and O–H groups in total. The highest BCUT2D eigenvalue weighted by molar-refractivity contribution is 5.90. The van der Waals surface area contributed by atoms with Crippen LogP contribution in [0.25, 0.3) is 5.69 Å². The quantitative estimate of drug-likeness (QED) is 0.555. The molecule has 0 saturated carbocycles. The van der Waals surface area contributed by atoms with Crippen LogP contribution in [0.4, 0.5) is 20.7 Å². The Morgan fingerprint density at radius 1 is 1.33 bits per heavy atom.